The molecule has 0 spiro atoms. The SMILES string of the molecule is c1ccc(-c2cc(-c3cccc(-c4ccc5c(-c6ccccc6)c6ccccc6c(-c6ccccc6)c5c4)c3)c3sc4c(-c5ccccc5)cccc4c3c2)cc1. The maximum atomic E-state index is 2.43. The first-order valence-electron chi connectivity index (χ1n) is 19.6. The van der Waals surface area contributed by atoms with E-state index in [0.29, 0.717) is 0 Å². The molecule has 0 aliphatic carbocycles. The summed E-state index contributed by atoms with van der Waals surface area (Å²) in [6, 6.07) is 80.1. The van der Waals surface area contributed by atoms with E-state index in [1.807, 2.05) is 11.3 Å². The summed E-state index contributed by atoms with van der Waals surface area (Å²) < 4.78 is 2.64. The van der Waals surface area contributed by atoms with Crippen molar-refractivity contribution < 1.29 is 0 Å². The van der Waals surface area contributed by atoms with Gasteiger partial charge in [0.1, 0.15) is 0 Å². The molecule has 1 heteroatoms. The fourth-order valence-corrected chi connectivity index (χ4v) is 10.2. The number of hydrogen-bond acceptors (Lipinski definition) is 1. The van der Waals surface area contributed by atoms with Crippen LogP contribution in [0, 0.1) is 0 Å². The van der Waals surface area contributed by atoms with Gasteiger partial charge in [0.25, 0.3) is 0 Å². The second-order valence-corrected chi connectivity index (χ2v) is 15.8. The largest absolute Gasteiger partial charge is 0.134 e. The van der Waals surface area contributed by atoms with Crippen LogP contribution in [-0.4, -0.2) is 0 Å². The van der Waals surface area contributed by atoms with E-state index in [-0.39, 0.29) is 0 Å². The molecule has 1 aromatic heterocycles. The highest BCUT2D eigenvalue weighted by Crippen LogP contribution is 2.48. The summed E-state index contributed by atoms with van der Waals surface area (Å²) in [7, 11) is 0. The van der Waals surface area contributed by atoms with Crippen molar-refractivity contribution in [2.24, 2.45) is 0 Å². The van der Waals surface area contributed by atoms with Crippen LogP contribution in [0.2, 0.25) is 0 Å². The molecule has 11 rings (SSSR count). The fraction of sp³-hybridized carbons (Fsp3) is 0. The average Bonchev–Trinajstić information content (AvgIpc) is 3.68. The van der Waals surface area contributed by atoms with Gasteiger partial charge in [-0.1, -0.05) is 194 Å². The molecule has 0 nitrogen and oxygen atoms in total. The Kier molecular flexibility index (Phi) is 8.12. The van der Waals surface area contributed by atoms with Gasteiger partial charge in [-0.3, -0.25) is 0 Å². The number of rotatable bonds is 6. The zero-order valence-electron chi connectivity index (χ0n) is 31.2. The van der Waals surface area contributed by atoms with Crippen LogP contribution in [0.15, 0.2) is 218 Å². The van der Waals surface area contributed by atoms with Gasteiger partial charge in [0, 0.05) is 25.7 Å². The Morgan fingerprint density at radius 1 is 0.211 bits per heavy atom. The van der Waals surface area contributed by atoms with Gasteiger partial charge < -0.3 is 0 Å². The van der Waals surface area contributed by atoms with E-state index >= 15 is 0 Å². The summed E-state index contributed by atoms with van der Waals surface area (Å²) in [5.41, 5.74) is 14.9. The molecule has 0 radical (unpaired) electrons. The van der Waals surface area contributed by atoms with E-state index in [1.165, 1.54) is 108 Å². The lowest BCUT2D eigenvalue weighted by atomic mass is 9.84. The molecule has 0 unspecified atom stereocenters. The fourth-order valence-electron chi connectivity index (χ4n) is 8.81. The second-order valence-electron chi connectivity index (χ2n) is 14.8. The van der Waals surface area contributed by atoms with Crippen LogP contribution in [0.25, 0.3) is 108 Å². The molecule has 1 heterocycles. The van der Waals surface area contributed by atoms with Crippen molar-refractivity contribution in [3.8, 4) is 66.8 Å². The lowest BCUT2D eigenvalue weighted by molar-refractivity contribution is 1.61. The molecule has 0 saturated carbocycles. The highest BCUT2D eigenvalue weighted by atomic mass is 32.1. The van der Waals surface area contributed by atoms with Crippen molar-refractivity contribution >= 4 is 53.1 Å². The zero-order chi connectivity index (χ0) is 37.7. The van der Waals surface area contributed by atoms with Crippen molar-refractivity contribution in [3.63, 3.8) is 0 Å². The third-order valence-corrected chi connectivity index (χ3v) is 12.7. The molecule has 10 aromatic carbocycles. The summed E-state index contributed by atoms with van der Waals surface area (Å²) in [4.78, 5) is 0. The molecule has 0 amide bonds. The Balaban J connectivity index is 1.15. The summed E-state index contributed by atoms with van der Waals surface area (Å²) in [6.45, 7) is 0. The van der Waals surface area contributed by atoms with Gasteiger partial charge in [-0.2, -0.15) is 0 Å². The van der Waals surface area contributed by atoms with Crippen molar-refractivity contribution in [1.82, 2.24) is 0 Å². The number of fused-ring (bicyclic) bond motifs is 5. The Bertz CT molecular complexity index is 3250. The highest BCUT2D eigenvalue weighted by Gasteiger charge is 2.19. The Labute approximate surface area is 336 Å². The highest BCUT2D eigenvalue weighted by molar-refractivity contribution is 7.26. The molecule has 0 fully saturated rings. The first-order chi connectivity index (χ1) is 28.3. The normalized spacial score (nSPS) is 11.5. The van der Waals surface area contributed by atoms with Gasteiger partial charge in [-0.15, -0.1) is 11.3 Å². The zero-order valence-corrected chi connectivity index (χ0v) is 32.0. The molecular formula is C56H36S. The molecule has 0 atom stereocenters. The Morgan fingerprint density at radius 3 is 1.33 bits per heavy atom. The maximum Gasteiger partial charge on any atom is 0.0434 e. The predicted molar refractivity (Wildman–Crippen MR) is 247 cm³/mol. The minimum Gasteiger partial charge on any atom is -0.134 e. The van der Waals surface area contributed by atoms with Crippen LogP contribution >= 0.6 is 11.3 Å². The van der Waals surface area contributed by atoms with Crippen LogP contribution in [0.4, 0.5) is 0 Å². The van der Waals surface area contributed by atoms with E-state index in [4.69, 9.17) is 0 Å². The number of thiophene rings is 1. The third-order valence-electron chi connectivity index (χ3n) is 11.4. The molecule has 266 valence electrons. The molecule has 0 saturated heterocycles. The van der Waals surface area contributed by atoms with E-state index in [0.717, 1.165) is 0 Å². The summed E-state index contributed by atoms with van der Waals surface area (Å²) >= 11 is 1.91. The van der Waals surface area contributed by atoms with Crippen LogP contribution in [0.5, 0.6) is 0 Å². The number of hydrogen-bond donors (Lipinski definition) is 0. The molecular weight excluding hydrogens is 705 g/mol. The van der Waals surface area contributed by atoms with Crippen LogP contribution < -0.4 is 0 Å². The van der Waals surface area contributed by atoms with Gasteiger partial charge in [-0.25, -0.2) is 0 Å². The molecule has 11 aromatic rings. The van der Waals surface area contributed by atoms with Crippen LogP contribution in [0.1, 0.15) is 0 Å². The van der Waals surface area contributed by atoms with E-state index in [9.17, 15) is 0 Å². The third kappa shape index (κ3) is 5.75. The van der Waals surface area contributed by atoms with Gasteiger partial charge in [0.05, 0.1) is 0 Å². The second kappa shape index (κ2) is 13.9. The predicted octanol–water partition coefficient (Wildman–Crippen LogP) is 16.4. The lowest BCUT2D eigenvalue weighted by Gasteiger charge is -2.19. The number of benzene rings is 10. The average molecular weight is 741 g/mol. The van der Waals surface area contributed by atoms with E-state index in [1.54, 1.807) is 0 Å². The molecule has 0 N–H and O–H groups in total. The van der Waals surface area contributed by atoms with Crippen molar-refractivity contribution in [2.45, 2.75) is 0 Å². The monoisotopic (exact) mass is 740 g/mol. The first kappa shape index (κ1) is 33.3. The quantitative estimate of drug-likeness (QED) is 0.149. The topological polar surface area (TPSA) is 0 Å². The Hall–Kier alpha value is -7.06. The van der Waals surface area contributed by atoms with Gasteiger partial charge in [0.2, 0.25) is 0 Å². The minimum absolute atomic E-state index is 1.20. The maximum absolute atomic E-state index is 2.43. The van der Waals surface area contributed by atoms with Crippen molar-refractivity contribution in [2.75, 3.05) is 0 Å². The van der Waals surface area contributed by atoms with Crippen molar-refractivity contribution in [1.29, 1.82) is 0 Å². The van der Waals surface area contributed by atoms with Crippen LogP contribution in [0.3, 0.4) is 0 Å². The molecule has 0 aliphatic heterocycles. The molecule has 0 bridgehead atoms. The van der Waals surface area contributed by atoms with Gasteiger partial charge in [0.15, 0.2) is 0 Å². The van der Waals surface area contributed by atoms with Crippen molar-refractivity contribution in [3.05, 3.63) is 218 Å². The Morgan fingerprint density at radius 2 is 0.667 bits per heavy atom. The van der Waals surface area contributed by atoms with E-state index in [2.05, 4.69) is 218 Å². The smallest absolute Gasteiger partial charge is 0.0434 e. The van der Waals surface area contributed by atoms with E-state index < -0.39 is 0 Å². The van der Waals surface area contributed by atoms with Gasteiger partial charge >= 0.3 is 0 Å². The molecule has 0 aliphatic rings. The lowest BCUT2D eigenvalue weighted by Crippen LogP contribution is -1.91. The van der Waals surface area contributed by atoms with Crippen LogP contribution in [-0.2, 0) is 0 Å². The first-order valence-corrected chi connectivity index (χ1v) is 20.4. The molecule has 57 heavy (non-hydrogen) atoms. The standard InChI is InChI=1S/C56H36S/c1-5-17-37(18-6-1)44-35-50(56-52(36-44)49-30-16-29-45(55(49)57-56)38-19-7-2-8-20-38)43-26-15-25-41(33-43)42-31-32-48-51(34-42)54(40-23-11-4-12-24-40)47-28-14-13-27-46(47)53(48)39-21-9-3-10-22-39/h1-36H. The summed E-state index contributed by atoms with van der Waals surface area (Å²) in [6.07, 6.45) is 0. The summed E-state index contributed by atoms with van der Waals surface area (Å²) in [5.74, 6) is 0. The summed E-state index contributed by atoms with van der Waals surface area (Å²) in [5, 5.41) is 7.65. The van der Waals surface area contributed by atoms with Gasteiger partial charge in [-0.05, 0) is 107 Å². The minimum atomic E-state index is 1.20.